The van der Waals surface area contributed by atoms with Crippen molar-refractivity contribution in [2.75, 3.05) is 13.1 Å². The Balaban J connectivity index is 1.80. The molecule has 3 heteroatoms. The lowest BCUT2D eigenvalue weighted by Gasteiger charge is -2.41. The molecule has 1 aliphatic carbocycles. The highest BCUT2D eigenvalue weighted by Gasteiger charge is 2.33. The van der Waals surface area contributed by atoms with E-state index in [0.29, 0.717) is 23.3 Å². The minimum absolute atomic E-state index is 0.329. The summed E-state index contributed by atoms with van der Waals surface area (Å²) in [6.45, 7) is 6.54. The predicted molar refractivity (Wildman–Crippen MR) is 83.4 cm³/mol. The Morgan fingerprint density at radius 3 is 2.40 bits per heavy atom. The fourth-order valence-corrected chi connectivity index (χ4v) is 4.08. The van der Waals surface area contributed by atoms with Crippen LogP contribution in [0.4, 0.5) is 0 Å². The van der Waals surface area contributed by atoms with Gasteiger partial charge in [-0.25, -0.2) is 0 Å². The van der Waals surface area contributed by atoms with Crippen molar-refractivity contribution in [2.45, 2.75) is 77.7 Å². The first-order valence-electron chi connectivity index (χ1n) is 8.62. The standard InChI is InChI=1S/C17H32N2O/c1-3-17(4-2)8-10-19(11-9-17)16(20)13-14-6-5-7-15(18)12-14/h14-15H,3-13,18H2,1-2H3. The summed E-state index contributed by atoms with van der Waals surface area (Å²) in [5.74, 6) is 0.917. The molecule has 2 atom stereocenters. The van der Waals surface area contributed by atoms with E-state index in [9.17, 15) is 4.79 Å². The Labute approximate surface area is 124 Å². The summed E-state index contributed by atoms with van der Waals surface area (Å²) < 4.78 is 0. The Kier molecular flexibility index (Phi) is 5.48. The monoisotopic (exact) mass is 280 g/mol. The molecule has 2 unspecified atom stereocenters. The number of nitrogens with two attached hydrogens (primary N) is 1. The maximum Gasteiger partial charge on any atom is 0.222 e. The number of nitrogens with zero attached hydrogens (tertiary/aromatic N) is 1. The molecule has 0 aromatic heterocycles. The SMILES string of the molecule is CCC1(CC)CCN(C(=O)CC2CCCC(N)C2)CC1. The third-order valence-electron chi connectivity index (χ3n) is 5.96. The molecule has 2 N–H and O–H groups in total. The van der Waals surface area contributed by atoms with E-state index in [4.69, 9.17) is 5.73 Å². The predicted octanol–water partition coefficient (Wildman–Crippen LogP) is 3.32. The van der Waals surface area contributed by atoms with Gasteiger partial charge in [0.05, 0.1) is 0 Å². The summed E-state index contributed by atoms with van der Waals surface area (Å²) >= 11 is 0. The average Bonchev–Trinajstić information content (AvgIpc) is 2.47. The van der Waals surface area contributed by atoms with Crippen molar-refractivity contribution in [3.63, 3.8) is 0 Å². The van der Waals surface area contributed by atoms with Crippen molar-refractivity contribution in [3.05, 3.63) is 0 Å². The van der Waals surface area contributed by atoms with Crippen molar-refractivity contribution in [3.8, 4) is 0 Å². The van der Waals surface area contributed by atoms with E-state index in [2.05, 4.69) is 18.7 Å². The minimum atomic E-state index is 0.329. The van der Waals surface area contributed by atoms with Crippen LogP contribution < -0.4 is 5.73 Å². The van der Waals surface area contributed by atoms with Crippen LogP contribution in [-0.4, -0.2) is 29.9 Å². The Morgan fingerprint density at radius 1 is 1.20 bits per heavy atom. The third kappa shape index (κ3) is 3.75. The molecule has 1 aliphatic heterocycles. The smallest absolute Gasteiger partial charge is 0.222 e. The Hall–Kier alpha value is -0.570. The van der Waals surface area contributed by atoms with E-state index >= 15 is 0 Å². The number of rotatable bonds is 4. The second-order valence-corrected chi connectivity index (χ2v) is 7.08. The van der Waals surface area contributed by atoms with Crippen LogP contribution in [0.3, 0.4) is 0 Å². The number of amides is 1. The summed E-state index contributed by atoms with van der Waals surface area (Å²) in [7, 11) is 0. The molecule has 0 aromatic carbocycles. The van der Waals surface area contributed by atoms with Crippen molar-refractivity contribution in [1.82, 2.24) is 4.90 Å². The molecule has 1 saturated carbocycles. The number of hydrogen-bond acceptors (Lipinski definition) is 2. The molecule has 2 aliphatic rings. The van der Waals surface area contributed by atoms with Crippen LogP contribution >= 0.6 is 0 Å². The first-order chi connectivity index (χ1) is 9.58. The highest BCUT2D eigenvalue weighted by atomic mass is 16.2. The van der Waals surface area contributed by atoms with Crippen molar-refractivity contribution in [2.24, 2.45) is 17.1 Å². The lowest BCUT2D eigenvalue weighted by atomic mass is 9.74. The second kappa shape index (κ2) is 6.93. The summed E-state index contributed by atoms with van der Waals surface area (Å²) in [6.07, 6.45) is 10.2. The van der Waals surface area contributed by atoms with Crippen molar-refractivity contribution < 1.29 is 4.79 Å². The van der Waals surface area contributed by atoms with Gasteiger partial charge in [-0.15, -0.1) is 0 Å². The molecule has 1 amide bonds. The molecule has 2 fully saturated rings. The van der Waals surface area contributed by atoms with Crippen LogP contribution in [0.25, 0.3) is 0 Å². The van der Waals surface area contributed by atoms with Gasteiger partial charge in [-0.05, 0) is 43.4 Å². The van der Waals surface area contributed by atoms with Gasteiger partial charge in [0.25, 0.3) is 0 Å². The second-order valence-electron chi connectivity index (χ2n) is 7.08. The molecule has 116 valence electrons. The lowest BCUT2D eigenvalue weighted by molar-refractivity contribution is -0.135. The number of likely N-dealkylation sites (tertiary alicyclic amines) is 1. The summed E-state index contributed by atoms with van der Waals surface area (Å²) in [6, 6.07) is 0.329. The van der Waals surface area contributed by atoms with Gasteiger partial charge in [0.15, 0.2) is 0 Å². The number of carbonyl (C=O) groups is 1. The zero-order chi connectivity index (χ0) is 14.6. The minimum Gasteiger partial charge on any atom is -0.343 e. The van der Waals surface area contributed by atoms with E-state index in [-0.39, 0.29) is 0 Å². The van der Waals surface area contributed by atoms with Crippen molar-refractivity contribution >= 4 is 5.91 Å². The number of hydrogen-bond donors (Lipinski definition) is 1. The molecule has 2 rings (SSSR count). The van der Waals surface area contributed by atoms with Crippen LogP contribution in [0.15, 0.2) is 0 Å². The van der Waals surface area contributed by atoms with Crippen LogP contribution in [0.1, 0.15) is 71.6 Å². The molecule has 0 aromatic rings. The fraction of sp³-hybridized carbons (Fsp3) is 0.941. The maximum absolute atomic E-state index is 12.4. The fourth-order valence-electron chi connectivity index (χ4n) is 4.08. The van der Waals surface area contributed by atoms with E-state index in [1.165, 1.54) is 38.5 Å². The molecule has 1 saturated heterocycles. The maximum atomic E-state index is 12.4. The van der Waals surface area contributed by atoms with E-state index in [1.54, 1.807) is 0 Å². The Morgan fingerprint density at radius 2 is 1.85 bits per heavy atom. The first-order valence-corrected chi connectivity index (χ1v) is 8.62. The summed E-state index contributed by atoms with van der Waals surface area (Å²) in [5.41, 5.74) is 6.53. The highest BCUT2D eigenvalue weighted by Crippen LogP contribution is 2.38. The molecule has 20 heavy (non-hydrogen) atoms. The Bertz CT molecular complexity index is 315. The molecule has 0 radical (unpaired) electrons. The third-order valence-corrected chi connectivity index (χ3v) is 5.96. The van der Waals surface area contributed by atoms with Crippen LogP contribution in [-0.2, 0) is 4.79 Å². The summed E-state index contributed by atoms with van der Waals surface area (Å²) in [4.78, 5) is 14.6. The van der Waals surface area contributed by atoms with Crippen LogP contribution in [0.5, 0.6) is 0 Å². The number of piperidine rings is 1. The molecular weight excluding hydrogens is 248 g/mol. The molecule has 0 bridgehead atoms. The first kappa shape index (κ1) is 15.8. The van der Waals surface area contributed by atoms with Gasteiger partial charge >= 0.3 is 0 Å². The van der Waals surface area contributed by atoms with Crippen LogP contribution in [0.2, 0.25) is 0 Å². The van der Waals surface area contributed by atoms with Crippen LogP contribution in [0, 0.1) is 11.3 Å². The largest absolute Gasteiger partial charge is 0.343 e. The van der Waals surface area contributed by atoms with Gasteiger partial charge in [-0.3, -0.25) is 4.79 Å². The zero-order valence-corrected chi connectivity index (χ0v) is 13.4. The number of carbonyl (C=O) groups excluding carboxylic acids is 1. The van der Waals surface area contributed by atoms with E-state index in [0.717, 1.165) is 32.4 Å². The molecule has 0 spiro atoms. The van der Waals surface area contributed by atoms with Crippen molar-refractivity contribution in [1.29, 1.82) is 0 Å². The van der Waals surface area contributed by atoms with Gasteiger partial charge < -0.3 is 10.6 Å². The molecular formula is C17H32N2O. The van der Waals surface area contributed by atoms with Gasteiger partial charge in [-0.2, -0.15) is 0 Å². The lowest BCUT2D eigenvalue weighted by Crippen LogP contribution is -2.43. The highest BCUT2D eigenvalue weighted by molar-refractivity contribution is 5.76. The molecule has 3 nitrogen and oxygen atoms in total. The van der Waals surface area contributed by atoms with Gasteiger partial charge in [0.2, 0.25) is 5.91 Å². The van der Waals surface area contributed by atoms with Gasteiger partial charge in [0, 0.05) is 25.6 Å². The van der Waals surface area contributed by atoms with Gasteiger partial charge in [0.1, 0.15) is 0 Å². The molecule has 1 heterocycles. The topological polar surface area (TPSA) is 46.3 Å². The van der Waals surface area contributed by atoms with E-state index < -0.39 is 0 Å². The average molecular weight is 280 g/mol. The van der Waals surface area contributed by atoms with Gasteiger partial charge in [-0.1, -0.05) is 33.1 Å². The zero-order valence-electron chi connectivity index (χ0n) is 13.4. The van der Waals surface area contributed by atoms with E-state index in [1.807, 2.05) is 0 Å². The summed E-state index contributed by atoms with van der Waals surface area (Å²) in [5, 5.41) is 0. The normalized spacial score (nSPS) is 30.2. The quantitative estimate of drug-likeness (QED) is 0.858.